The van der Waals surface area contributed by atoms with Gasteiger partial charge in [-0.3, -0.25) is 0 Å². The second-order valence-corrected chi connectivity index (χ2v) is 4.97. The van der Waals surface area contributed by atoms with Crippen LogP contribution in [0.1, 0.15) is 11.1 Å². The van der Waals surface area contributed by atoms with Gasteiger partial charge in [0.15, 0.2) is 0 Å². The third-order valence-electron chi connectivity index (χ3n) is 2.91. The molecule has 5 heteroatoms. The van der Waals surface area contributed by atoms with E-state index >= 15 is 0 Å². The number of halogens is 2. The van der Waals surface area contributed by atoms with Gasteiger partial charge in [0, 0.05) is 23.7 Å². The SMILES string of the molecule is COc1ccc(CN)c(OCc2cccc(F)c2Br)c1. The second kappa shape index (κ2) is 6.72. The summed E-state index contributed by atoms with van der Waals surface area (Å²) >= 11 is 3.21. The van der Waals surface area contributed by atoms with Crippen molar-refractivity contribution in [2.45, 2.75) is 13.2 Å². The van der Waals surface area contributed by atoms with Crippen molar-refractivity contribution >= 4 is 15.9 Å². The van der Waals surface area contributed by atoms with Crippen LogP contribution in [0.25, 0.3) is 0 Å². The first-order valence-electron chi connectivity index (χ1n) is 6.08. The molecule has 0 spiro atoms. The van der Waals surface area contributed by atoms with Gasteiger partial charge in [-0.05, 0) is 28.1 Å². The molecule has 0 atom stereocenters. The Morgan fingerprint density at radius 3 is 2.70 bits per heavy atom. The fourth-order valence-electron chi connectivity index (χ4n) is 1.78. The first kappa shape index (κ1) is 14.8. The Balaban J connectivity index is 2.19. The third-order valence-corrected chi connectivity index (χ3v) is 3.80. The van der Waals surface area contributed by atoms with E-state index in [1.54, 1.807) is 25.3 Å². The molecule has 0 saturated heterocycles. The maximum Gasteiger partial charge on any atom is 0.137 e. The zero-order chi connectivity index (χ0) is 14.5. The summed E-state index contributed by atoms with van der Waals surface area (Å²) in [6.45, 7) is 0.613. The van der Waals surface area contributed by atoms with Crippen LogP contribution >= 0.6 is 15.9 Å². The van der Waals surface area contributed by atoms with Crippen molar-refractivity contribution in [3.8, 4) is 11.5 Å². The first-order chi connectivity index (χ1) is 9.65. The molecule has 0 amide bonds. The van der Waals surface area contributed by atoms with Crippen LogP contribution in [0.2, 0.25) is 0 Å². The predicted molar refractivity (Wildman–Crippen MR) is 79.3 cm³/mol. The van der Waals surface area contributed by atoms with Gasteiger partial charge in [-0.15, -0.1) is 0 Å². The molecule has 2 rings (SSSR count). The monoisotopic (exact) mass is 339 g/mol. The number of ether oxygens (including phenoxy) is 2. The average Bonchev–Trinajstić information content (AvgIpc) is 2.48. The van der Waals surface area contributed by atoms with E-state index in [9.17, 15) is 4.39 Å². The number of benzene rings is 2. The van der Waals surface area contributed by atoms with Crippen molar-refractivity contribution in [1.82, 2.24) is 0 Å². The van der Waals surface area contributed by atoms with Crippen molar-refractivity contribution in [3.05, 3.63) is 57.8 Å². The quantitative estimate of drug-likeness (QED) is 0.904. The lowest BCUT2D eigenvalue weighted by atomic mass is 10.2. The van der Waals surface area contributed by atoms with E-state index < -0.39 is 0 Å². The van der Waals surface area contributed by atoms with Crippen molar-refractivity contribution in [3.63, 3.8) is 0 Å². The lowest BCUT2D eigenvalue weighted by Crippen LogP contribution is -2.04. The molecule has 2 aromatic carbocycles. The van der Waals surface area contributed by atoms with Crippen LogP contribution in [0, 0.1) is 5.82 Å². The van der Waals surface area contributed by atoms with E-state index in [1.165, 1.54) is 6.07 Å². The van der Waals surface area contributed by atoms with Crippen molar-refractivity contribution < 1.29 is 13.9 Å². The van der Waals surface area contributed by atoms with Gasteiger partial charge in [0.25, 0.3) is 0 Å². The van der Waals surface area contributed by atoms with Gasteiger partial charge >= 0.3 is 0 Å². The molecule has 2 N–H and O–H groups in total. The molecule has 0 aliphatic heterocycles. The predicted octanol–water partition coefficient (Wildman–Crippen LogP) is 3.63. The highest BCUT2D eigenvalue weighted by molar-refractivity contribution is 9.10. The molecule has 20 heavy (non-hydrogen) atoms. The molecule has 0 heterocycles. The van der Waals surface area contributed by atoms with E-state index in [1.807, 2.05) is 12.1 Å². The van der Waals surface area contributed by atoms with Crippen LogP contribution < -0.4 is 15.2 Å². The Kier molecular flexibility index (Phi) is 4.98. The Labute approximate surface area is 125 Å². The summed E-state index contributed by atoms with van der Waals surface area (Å²) in [6, 6.07) is 10.3. The molecule has 3 nitrogen and oxygen atoms in total. The molecule has 0 bridgehead atoms. The molecular formula is C15H15BrFNO2. The van der Waals surface area contributed by atoms with Crippen molar-refractivity contribution in [1.29, 1.82) is 0 Å². The summed E-state index contributed by atoms with van der Waals surface area (Å²) in [4.78, 5) is 0. The second-order valence-electron chi connectivity index (χ2n) is 4.18. The third kappa shape index (κ3) is 3.29. The summed E-state index contributed by atoms with van der Waals surface area (Å²) in [5, 5.41) is 0. The number of methoxy groups -OCH3 is 1. The standard InChI is InChI=1S/C15H15BrFNO2/c1-19-12-6-5-10(8-18)14(7-12)20-9-11-3-2-4-13(17)15(11)16/h2-7H,8-9,18H2,1H3. The van der Waals surface area contributed by atoms with Gasteiger partial charge in [-0.1, -0.05) is 18.2 Å². The van der Waals surface area contributed by atoms with Crippen LogP contribution in [0.5, 0.6) is 11.5 Å². The van der Waals surface area contributed by atoms with Crippen LogP contribution in [-0.4, -0.2) is 7.11 Å². The van der Waals surface area contributed by atoms with Crippen molar-refractivity contribution in [2.24, 2.45) is 5.73 Å². The summed E-state index contributed by atoms with van der Waals surface area (Å²) in [5.41, 5.74) is 7.28. The normalized spacial score (nSPS) is 10.4. The Morgan fingerprint density at radius 1 is 1.20 bits per heavy atom. The number of nitrogens with two attached hydrogens (primary N) is 1. The fraction of sp³-hybridized carbons (Fsp3) is 0.200. The Bertz CT molecular complexity index is 604. The minimum atomic E-state index is -0.309. The number of hydrogen-bond donors (Lipinski definition) is 1. The lowest BCUT2D eigenvalue weighted by molar-refractivity contribution is 0.299. The maximum atomic E-state index is 13.4. The minimum absolute atomic E-state index is 0.249. The number of rotatable bonds is 5. The molecule has 0 aromatic heterocycles. The first-order valence-corrected chi connectivity index (χ1v) is 6.87. The Morgan fingerprint density at radius 2 is 2.00 bits per heavy atom. The van der Waals surface area contributed by atoms with Gasteiger partial charge in [0.05, 0.1) is 11.6 Å². The maximum absolute atomic E-state index is 13.4. The zero-order valence-corrected chi connectivity index (χ0v) is 12.6. The molecular weight excluding hydrogens is 325 g/mol. The van der Waals surface area contributed by atoms with Gasteiger partial charge in [-0.2, -0.15) is 0 Å². The largest absolute Gasteiger partial charge is 0.497 e. The van der Waals surface area contributed by atoms with Gasteiger partial charge in [0.1, 0.15) is 23.9 Å². The van der Waals surface area contributed by atoms with Gasteiger partial charge in [-0.25, -0.2) is 4.39 Å². The molecule has 0 unspecified atom stereocenters. The molecule has 2 aromatic rings. The van der Waals surface area contributed by atoms with E-state index in [2.05, 4.69) is 15.9 Å². The topological polar surface area (TPSA) is 44.5 Å². The lowest BCUT2D eigenvalue weighted by Gasteiger charge is -2.13. The summed E-state index contributed by atoms with van der Waals surface area (Å²) in [7, 11) is 1.59. The van der Waals surface area contributed by atoms with Crippen LogP contribution in [-0.2, 0) is 13.2 Å². The molecule has 106 valence electrons. The van der Waals surface area contributed by atoms with E-state index in [0.29, 0.717) is 22.5 Å². The van der Waals surface area contributed by atoms with E-state index in [0.717, 1.165) is 11.1 Å². The van der Waals surface area contributed by atoms with Gasteiger partial charge in [0.2, 0.25) is 0 Å². The molecule has 0 saturated carbocycles. The van der Waals surface area contributed by atoms with Gasteiger partial charge < -0.3 is 15.2 Å². The highest BCUT2D eigenvalue weighted by Crippen LogP contribution is 2.27. The molecule has 0 aliphatic carbocycles. The van der Waals surface area contributed by atoms with Crippen LogP contribution in [0.4, 0.5) is 4.39 Å². The van der Waals surface area contributed by atoms with Crippen LogP contribution in [0.15, 0.2) is 40.9 Å². The smallest absolute Gasteiger partial charge is 0.137 e. The minimum Gasteiger partial charge on any atom is -0.497 e. The summed E-state index contributed by atoms with van der Waals surface area (Å²) in [5.74, 6) is 1.02. The zero-order valence-electron chi connectivity index (χ0n) is 11.0. The number of hydrogen-bond acceptors (Lipinski definition) is 3. The van der Waals surface area contributed by atoms with E-state index in [4.69, 9.17) is 15.2 Å². The molecule has 0 aliphatic rings. The highest BCUT2D eigenvalue weighted by Gasteiger charge is 2.08. The fourth-order valence-corrected chi connectivity index (χ4v) is 2.16. The average molecular weight is 340 g/mol. The molecule has 0 fully saturated rings. The van der Waals surface area contributed by atoms with E-state index in [-0.39, 0.29) is 12.4 Å². The summed E-state index contributed by atoms with van der Waals surface area (Å²) < 4.78 is 24.7. The highest BCUT2D eigenvalue weighted by atomic mass is 79.9. The van der Waals surface area contributed by atoms with Crippen LogP contribution in [0.3, 0.4) is 0 Å². The summed E-state index contributed by atoms with van der Waals surface area (Å²) in [6.07, 6.45) is 0. The Hall–Kier alpha value is -1.59. The van der Waals surface area contributed by atoms with Crippen molar-refractivity contribution in [2.75, 3.05) is 7.11 Å². The molecule has 0 radical (unpaired) electrons.